The summed E-state index contributed by atoms with van der Waals surface area (Å²) >= 11 is 1.39. The summed E-state index contributed by atoms with van der Waals surface area (Å²) in [4.78, 5) is 44.6. The van der Waals surface area contributed by atoms with E-state index in [9.17, 15) is 22.8 Å². The molecule has 2 unspecified atom stereocenters. The molecule has 3 aromatic carbocycles. The van der Waals surface area contributed by atoms with E-state index in [1.165, 1.54) is 22.7 Å². The Labute approximate surface area is 324 Å². The highest BCUT2D eigenvalue weighted by molar-refractivity contribution is 7.98. The molecule has 0 bridgehead atoms. The van der Waals surface area contributed by atoms with Crippen molar-refractivity contribution in [2.45, 2.75) is 113 Å². The van der Waals surface area contributed by atoms with Crippen molar-refractivity contribution < 1.29 is 32.3 Å². The first-order valence-corrected chi connectivity index (χ1v) is 21.5. The summed E-state index contributed by atoms with van der Waals surface area (Å²) in [6.07, 6.45) is 7.33. The number of anilines is 2. The Balaban J connectivity index is 1.43. The third-order valence-electron chi connectivity index (χ3n) is 9.75. The summed E-state index contributed by atoms with van der Waals surface area (Å²) in [5.41, 5.74) is 0.558. The molecular formula is C41H54N4O7S2. The number of thioether (sulfide) groups is 1. The maximum absolute atomic E-state index is 14.4. The zero-order valence-corrected chi connectivity index (χ0v) is 33.9. The number of fused-ring (bicyclic) bond motifs is 1. The molecule has 0 aliphatic carbocycles. The minimum Gasteiger partial charge on any atom is -0.483 e. The lowest BCUT2D eigenvalue weighted by Gasteiger charge is -2.42. The van der Waals surface area contributed by atoms with Crippen LogP contribution in [0.3, 0.4) is 0 Å². The predicted octanol–water partition coefficient (Wildman–Crippen LogP) is 7.14. The van der Waals surface area contributed by atoms with Crippen LogP contribution >= 0.6 is 11.8 Å². The number of hydrogen-bond donors (Lipinski definition) is 2. The van der Waals surface area contributed by atoms with Crippen LogP contribution in [0.15, 0.2) is 82.6 Å². The molecule has 0 aromatic heterocycles. The minimum atomic E-state index is -4.04. The SMILES string of the molecule is CCCCC1(CCCC)CN(c2ccccc2)c2cc(SC)c(OCC(=O)NC(C(=O)N3CCC3C(=O)OC(C)(C)C)c3ccccc3)cc2S(=O)(=O)N1. The summed E-state index contributed by atoms with van der Waals surface area (Å²) in [5, 5.41) is 2.81. The molecule has 1 saturated heterocycles. The lowest BCUT2D eigenvalue weighted by Crippen LogP contribution is -2.59. The number of likely N-dealkylation sites (tertiary alicyclic amines) is 1. The van der Waals surface area contributed by atoms with Crippen molar-refractivity contribution in [2.24, 2.45) is 0 Å². The predicted molar refractivity (Wildman–Crippen MR) is 213 cm³/mol. The zero-order chi connectivity index (χ0) is 39.1. The highest BCUT2D eigenvalue weighted by Crippen LogP contribution is 2.44. The molecule has 2 N–H and O–H groups in total. The van der Waals surface area contributed by atoms with Gasteiger partial charge in [-0.25, -0.2) is 17.9 Å². The molecule has 292 valence electrons. The Kier molecular flexibility index (Phi) is 13.4. The number of carbonyl (C=O) groups excluding carboxylic acids is 3. The van der Waals surface area contributed by atoms with Crippen molar-refractivity contribution in [1.82, 2.24) is 14.9 Å². The van der Waals surface area contributed by atoms with Crippen LogP contribution in [0.2, 0.25) is 0 Å². The molecule has 2 heterocycles. The van der Waals surface area contributed by atoms with Gasteiger partial charge in [-0.3, -0.25) is 9.59 Å². The van der Waals surface area contributed by atoms with Gasteiger partial charge in [0, 0.05) is 24.8 Å². The van der Waals surface area contributed by atoms with E-state index in [4.69, 9.17) is 9.47 Å². The van der Waals surface area contributed by atoms with Crippen LogP contribution in [0.5, 0.6) is 5.75 Å². The fraction of sp³-hybridized carbons (Fsp3) is 0.488. The van der Waals surface area contributed by atoms with Crippen LogP contribution in [0, 0.1) is 0 Å². The number of benzene rings is 3. The lowest BCUT2D eigenvalue weighted by molar-refractivity contribution is -0.171. The van der Waals surface area contributed by atoms with Gasteiger partial charge in [0.05, 0.1) is 16.1 Å². The summed E-state index contributed by atoms with van der Waals surface area (Å²) in [5.74, 6) is -1.27. The van der Waals surface area contributed by atoms with Gasteiger partial charge < -0.3 is 24.6 Å². The monoisotopic (exact) mass is 778 g/mol. The average Bonchev–Trinajstić information content (AvgIpc) is 3.21. The molecule has 2 amide bonds. The lowest BCUT2D eigenvalue weighted by atomic mass is 9.87. The van der Waals surface area contributed by atoms with E-state index in [0.717, 1.165) is 31.4 Å². The Bertz CT molecular complexity index is 1880. The van der Waals surface area contributed by atoms with Crippen molar-refractivity contribution in [3.05, 3.63) is 78.4 Å². The molecule has 0 spiro atoms. The third-order valence-corrected chi connectivity index (χ3v) is 12.1. The van der Waals surface area contributed by atoms with E-state index in [2.05, 4.69) is 28.8 Å². The largest absolute Gasteiger partial charge is 0.483 e. The van der Waals surface area contributed by atoms with E-state index >= 15 is 0 Å². The first-order valence-electron chi connectivity index (χ1n) is 18.8. The fourth-order valence-electron chi connectivity index (χ4n) is 6.95. The maximum atomic E-state index is 14.4. The van der Waals surface area contributed by atoms with Gasteiger partial charge in [-0.15, -0.1) is 11.8 Å². The van der Waals surface area contributed by atoms with E-state index in [1.54, 1.807) is 45.0 Å². The Morgan fingerprint density at radius 1 is 0.981 bits per heavy atom. The smallest absolute Gasteiger partial charge is 0.329 e. The second kappa shape index (κ2) is 17.6. The number of para-hydroxylation sites is 1. The molecular weight excluding hydrogens is 725 g/mol. The highest BCUT2D eigenvalue weighted by atomic mass is 32.2. The number of amides is 2. The number of hydrogen-bond acceptors (Lipinski definition) is 9. The number of nitrogens with zero attached hydrogens (tertiary/aromatic N) is 2. The highest BCUT2D eigenvalue weighted by Gasteiger charge is 2.44. The standard InChI is InChI=1S/C41H54N4O7S2/c1-7-9-22-41(23-10-8-2)28-45(30-19-15-12-16-20-30)32-25-34(53-6)33(26-35(32)54(49,50)43-41)51-27-36(46)42-37(29-17-13-11-14-18-29)38(47)44-24-21-31(44)39(48)52-40(3,4)5/h11-20,25-26,31,37,43H,7-10,21-24,27-28H2,1-6H3,(H,42,46). The van der Waals surface area contributed by atoms with Gasteiger partial charge >= 0.3 is 5.97 Å². The molecule has 2 aliphatic rings. The topological polar surface area (TPSA) is 134 Å². The molecule has 5 rings (SSSR count). The van der Waals surface area contributed by atoms with Crippen LogP contribution in [-0.4, -0.2) is 74.2 Å². The quantitative estimate of drug-likeness (QED) is 0.122. The van der Waals surface area contributed by atoms with Crippen LogP contribution in [0.4, 0.5) is 11.4 Å². The molecule has 2 aliphatic heterocycles. The van der Waals surface area contributed by atoms with Gasteiger partial charge in [-0.1, -0.05) is 88.1 Å². The van der Waals surface area contributed by atoms with Crippen LogP contribution in [0.1, 0.15) is 91.2 Å². The normalized spacial score (nSPS) is 18.1. The average molecular weight is 779 g/mol. The van der Waals surface area contributed by atoms with Crippen LogP contribution in [-0.2, 0) is 29.1 Å². The summed E-state index contributed by atoms with van der Waals surface area (Å²) in [6, 6.07) is 20.1. The van der Waals surface area contributed by atoms with Crippen molar-refractivity contribution in [3.8, 4) is 5.75 Å². The van der Waals surface area contributed by atoms with Crippen molar-refractivity contribution in [1.29, 1.82) is 0 Å². The number of unbranched alkanes of at least 4 members (excludes halogenated alkanes) is 2. The molecule has 0 saturated carbocycles. The maximum Gasteiger partial charge on any atom is 0.329 e. The molecule has 2 atom stereocenters. The van der Waals surface area contributed by atoms with E-state index < -0.39 is 57.6 Å². The second-order valence-electron chi connectivity index (χ2n) is 15.1. The number of nitrogens with one attached hydrogen (secondary N) is 2. The van der Waals surface area contributed by atoms with Gasteiger partial charge in [0.25, 0.3) is 11.8 Å². The third kappa shape index (κ3) is 9.77. The van der Waals surface area contributed by atoms with Gasteiger partial charge in [-0.05, 0) is 70.1 Å². The summed E-state index contributed by atoms with van der Waals surface area (Å²) < 4.78 is 43.5. The summed E-state index contributed by atoms with van der Waals surface area (Å²) in [7, 11) is -4.04. The number of sulfonamides is 1. The van der Waals surface area contributed by atoms with E-state index in [0.29, 0.717) is 48.5 Å². The Morgan fingerprint density at radius 3 is 2.17 bits per heavy atom. The fourth-order valence-corrected chi connectivity index (χ4v) is 9.16. The van der Waals surface area contributed by atoms with Crippen molar-refractivity contribution >= 4 is 50.9 Å². The molecule has 0 radical (unpaired) electrons. The Morgan fingerprint density at radius 2 is 1.61 bits per heavy atom. The van der Waals surface area contributed by atoms with Crippen molar-refractivity contribution in [3.63, 3.8) is 0 Å². The number of rotatable bonds is 15. The summed E-state index contributed by atoms with van der Waals surface area (Å²) in [6.45, 7) is 9.86. The molecule has 3 aromatic rings. The number of esters is 1. The molecule has 13 heteroatoms. The first kappa shape index (κ1) is 41.1. The van der Waals surface area contributed by atoms with Gasteiger partial charge in [0.1, 0.15) is 28.3 Å². The minimum absolute atomic E-state index is 0.0674. The van der Waals surface area contributed by atoms with E-state index in [1.807, 2.05) is 48.7 Å². The second-order valence-corrected chi connectivity index (χ2v) is 17.6. The van der Waals surface area contributed by atoms with Gasteiger partial charge in [0.2, 0.25) is 10.0 Å². The van der Waals surface area contributed by atoms with Crippen LogP contribution < -0.4 is 19.7 Å². The first-order chi connectivity index (χ1) is 25.7. The number of carbonyl (C=O) groups is 3. The van der Waals surface area contributed by atoms with Crippen molar-refractivity contribution in [2.75, 3.05) is 30.9 Å². The zero-order valence-electron chi connectivity index (χ0n) is 32.2. The van der Waals surface area contributed by atoms with Gasteiger partial charge in [0.15, 0.2) is 6.61 Å². The molecule has 11 nitrogen and oxygen atoms in total. The number of ether oxygens (including phenoxy) is 2. The molecule has 54 heavy (non-hydrogen) atoms. The Hall–Kier alpha value is -4.07. The van der Waals surface area contributed by atoms with E-state index in [-0.39, 0.29) is 10.6 Å². The van der Waals surface area contributed by atoms with Crippen LogP contribution in [0.25, 0.3) is 0 Å². The van der Waals surface area contributed by atoms with Gasteiger partial charge in [-0.2, -0.15) is 0 Å². The molecule has 1 fully saturated rings.